The summed E-state index contributed by atoms with van der Waals surface area (Å²) in [4.78, 5) is 21.1. The van der Waals surface area contributed by atoms with Crippen molar-refractivity contribution in [3.8, 4) is 22.6 Å². The van der Waals surface area contributed by atoms with Gasteiger partial charge in [0.25, 0.3) is 5.69 Å². The number of carbonyl (C=O) groups excluding carboxylic acids is 1. The van der Waals surface area contributed by atoms with Gasteiger partial charge in [0.15, 0.2) is 6.29 Å². The molecule has 2 aromatic rings. The normalized spacial score (nSPS) is 10.1. The molecule has 0 aliphatic rings. The summed E-state index contributed by atoms with van der Waals surface area (Å²) in [5.41, 5.74) is 0.630. The van der Waals surface area contributed by atoms with Gasteiger partial charge in [-0.2, -0.15) is 0 Å². The molecule has 0 fully saturated rings. The Hall–Kier alpha value is -2.89. The molecule has 20 heavy (non-hydrogen) atoms. The average Bonchev–Trinajstić information content (AvgIpc) is 2.46. The first kappa shape index (κ1) is 13.5. The molecule has 102 valence electrons. The maximum absolute atomic E-state index is 10.9. The predicted octanol–water partition coefficient (Wildman–Crippen LogP) is 2.79. The van der Waals surface area contributed by atoms with Crippen LogP contribution in [-0.2, 0) is 0 Å². The van der Waals surface area contributed by atoms with Gasteiger partial charge in [-0.3, -0.25) is 14.9 Å². The molecule has 2 rings (SSSR count). The molecule has 0 radical (unpaired) electrons. The highest BCUT2D eigenvalue weighted by molar-refractivity contribution is 5.88. The summed E-state index contributed by atoms with van der Waals surface area (Å²) >= 11 is 0. The first-order chi connectivity index (χ1) is 9.58. The molecule has 6 heteroatoms. The van der Waals surface area contributed by atoms with E-state index in [-0.39, 0.29) is 22.6 Å². The molecule has 0 amide bonds. The molecule has 6 nitrogen and oxygen atoms in total. The van der Waals surface area contributed by atoms with Crippen molar-refractivity contribution >= 4 is 12.0 Å². The Kier molecular flexibility index (Phi) is 3.65. The molecule has 0 aliphatic heterocycles. The van der Waals surface area contributed by atoms with Gasteiger partial charge in [0.2, 0.25) is 0 Å². The SMILES string of the molecule is COc1ccc(C=O)c(O)c1-c1cccc([N+](=O)[O-])c1. The van der Waals surface area contributed by atoms with Gasteiger partial charge in [0.05, 0.1) is 23.2 Å². The molecule has 0 bridgehead atoms. The molecule has 2 aromatic carbocycles. The van der Waals surface area contributed by atoms with Gasteiger partial charge < -0.3 is 9.84 Å². The summed E-state index contributed by atoms with van der Waals surface area (Å²) < 4.78 is 5.13. The summed E-state index contributed by atoms with van der Waals surface area (Å²) in [7, 11) is 1.41. The molecule has 0 saturated carbocycles. The van der Waals surface area contributed by atoms with Crippen LogP contribution in [0.4, 0.5) is 5.69 Å². The number of nitrogens with zero attached hydrogens (tertiary/aromatic N) is 1. The van der Waals surface area contributed by atoms with Gasteiger partial charge in [-0.15, -0.1) is 0 Å². The van der Waals surface area contributed by atoms with Gasteiger partial charge in [-0.05, 0) is 17.7 Å². The minimum atomic E-state index is -0.531. The molecular formula is C14H11NO5. The maximum Gasteiger partial charge on any atom is 0.270 e. The van der Waals surface area contributed by atoms with E-state index in [1.807, 2.05) is 0 Å². The Balaban J connectivity index is 2.70. The van der Waals surface area contributed by atoms with E-state index in [9.17, 15) is 20.0 Å². The van der Waals surface area contributed by atoms with E-state index in [4.69, 9.17) is 4.74 Å². The third kappa shape index (κ3) is 2.31. The largest absolute Gasteiger partial charge is 0.506 e. The highest BCUT2D eigenvalue weighted by Crippen LogP contribution is 2.40. The van der Waals surface area contributed by atoms with Crippen LogP contribution < -0.4 is 4.74 Å². The van der Waals surface area contributed by atoms with Crippen molar-refractivity contribution in [2.24, 2.45) is 0 Å². The number of phenols is 1. The number of nitro benzene ring substituents is 1. The monoisotopic (exact) mass is 273 g/mol. The van der Waals surface area contributed by atoms with E-state index in [0.717, 1.165) is 0 Å². The average molecular weight is 273 g/mol. The van der Waals surface area contributed by atoms with E-state index >= 15 is 0 Å². The van der Waals surface area contributed by atoms with Crippen molar-refractivity contribution in [1.82, 2.24) is 0 Å². The van der Waals surface area contributed by atoms with E-state index in [1.165, 1.54) is 37.4 Å². The molecule has 0 aromatic heterocycles. The van der Waals surface area contributed by atoms with Crippen LogP contribution >= 0.6 is 0 Å². The first-order valence-corrected chi connectivity index (χ1v) is 5.68. The zero-order chi connectivity index (χ0) is 14.7. The number of hydrogen-bond donors (Lipinski definition) is 1. The number of non-ortho nitro benzene ring substituents is 1. The van der Waals surface area contributed by atoms with E-state index < -0.39 is 4.92 Å². The number of nitro groups is 1. The Bertz CT molecular complexity index is 681. The van der Waals surface area contributed by atoms with E-state index in [1.54, 1.807) is 6.07 Å². The quantitative estimate of drug-likeness (QED) is 0.525. The lowest BCUT2D eigenvalue weighted by atomic mass is 10.00. The summed E-state index contributed by atoms with van der Waals surface area (Å²) in [6.07, 6.45) is 0.510. The van der Waals surface area contributed by atoms with Gasteiger partial charge in [0, 0.05) is 12.1 Å². The van der Waals surface area contributed by atoms with Gasteiger partial charge in [-0.25, -0.2) is 0 Å². The maximum atomic E-state index is 10.9. The Morgan fingerprint density at radius 3 is 2.65 bits per heavy atom. The smallest absolute Gasteiger partial charge is 0.270 e. The van der Waals surface area contributed by atoms with Crippen LogP contribution in [-0.4, -0.2) is 23.4 Å². The second kappa shape index (κ2) is 5.40. The number of carbonyl (C=O) groups is 1. The third-order valence-electron chi connectivity index (χ3n) is 2.86. The van der Waals surface area contributed by atoms with Gasteiger partial charge >= 0.3 is 0 Å². The number of rotatable bonds is 4. The van der Waals surface area contributed by atoms with Crippen LogP contribution in [0.2, 0.25) is 0 Å². The van der Waals surface area contributed by atoms with Crippen LogP contribution in [0.1, 0.15) is 10.4 Å². The van der Waals surface area contributed by atoms with E-state index in [0.29, 0.717) is 17.6 Å². The minimum Gasteiger partial charge on any atom is -0.506 e. The van der Waals surface area contributed by atoms with Crippen molar-refractivity contribution in [1.29, 1.82) is 0 Å². The third-order valence-corrected chi connectivity index (χ3v) is 2.86. The lowest BCUT2D eigenvalue weighted by molar-refractivity contribution is -0.384. The van der Waals surface area contributed by atoms with Gasteiger partial charge in [-0.1, -0.05) is 12.1 Å². The molecule has 1 N–H and O–H groups in total. The predicted molar refractivity (Wildman–Crippen MR) is 72.1 cm³/mol. The lowest BCUT2D eigenvalue weighted by Gasteiger charge is -2.12. The topological polar surface area (TPSA) is 89.7 Å². The zero-order valence-electron chi connectivity index (χ0n) is 10.6. The van der Waals surface area contributed by atoms with E-state index in [2.05, 4.69) is 0 Å². The molecular weight excluding hydrogens is 262 g/mol. The number of phenolic OH excluding ortho intramolecular Hbond substituents is 1. The fourth-order valence-corrected chi connectivity index (χ4v) is 1.91. The highest BCUT2D eigenvalue weighted by atomic mass is 16.6. The number of aromatic hydroxyl groups is 1. The van der Waals surface area contributed by atoms with Crippen molar-refractivity contribution in [3.63, 3.8) is 0 Å². The number of hydrogen-bond acceptors (Lipinski definition) is 5. The number of methoxy groups -OCH3 is 1. The van der Waals surface area contributed by atoms with Crippen molar-refractivity contribution in [3.05, 3.63) is 52.1 Å². The van der Waals surface area contributed by atoms with Crippen LogP contribution in [0.5, 0.6) is 11.5 Å². The van der Waals surface area contributed by atoms with Crippen LogP contribution in [0.15, 0.2) is 36.4 Å². The summed E-state index contributed by atoms with van der Waals surface area (Å²) in [6.45, 7) is 0. The fraction of sp³-hybridized carbons (Fsp3) is 0.0714. The summed E-state index contributed by atoms with van der Waals surface area (Å²) in [6, 6.07) is 8.70. The second-order valence-corrected chi connectivity index (χ2v) is 4.01. The standard InChI is InChI=1S/C14H11NO5/c1-20-12-6-5-10(8-16)14(17)13(12)9-3-2-4-11(7-9)15(18)19/h2-8,17H,1H3. The number of ether oxygens (including phenoxy) is 1. The lowest BCUT2D eigenvalue weighted by Crippen LogP contribution is -1.93. The molecule has 0 aliphatic carbocycles. The fourth-order valence-electron chi connectivity index (χ4n) is 1.91. The first-order valence-electron chi connectivity index (χ1n) is 5.68. The highest BCUT2D eigenvalue weighted by Gasteiger charge is 2.17. The molecule has 0 saturated heterocycles. The Labute approximate surface area is 114 Å². The summed E-state index contributed by atoms with van der Waals surface area (Å²) in [5.74, 6) is 0.0634. The molecule has 0 spiro atoms. The van der Waals surface area contributed by atoms with Crippen molar-refractivity contribution in [2.75, 3.05) is 7.11 Å². The Morgan fingerprint density at radius 2 is 2.05 bits per heavy atom. The van der Waals surface area contributed by atoms with Crippen LogP contribution in [0, 0.1) is 10.1 Å². The van der Waals surface area contributed by atoms with Crippen molar-refractivity contribution < 1.29 is 19.6 Å². The van der Waals surface area contributed by atoms with Gasteiger partial charge in [0.1, 0.15) is 11.5 Å². The van der Waals surface area contributed by atoms with Crippen molar-refractivity contribution in [2.45, 2.75) is 0 Å². The molecule has 0 heterocycles. The molecule has 0 unspecified atom stereocenters. The zero-order valence-corrected chi connectivity index (χ0v) is 10.6. The molecule has 0 atom stereocenters. The second-order valence-electron chi connectivity index (χ2n) is 4.01. The Morgan fingerprint density at radius 1 is 1.30 bits per heavy atom. The number of aldehydes is 1. The minimum absolute atomic E-state index is 0.0901. The number of benzene rings is 2. The summed E-state index contributed by atoms with van der Waals surface area (Å²) in [5, 5.41) is 20.9. The van der Waals surface area contributed by atoms with Crippen LogP contribution in [0.3, 0.4) is 0 Å². The van der Waals surface area contributed by atoms with Crippen LogP contribution in [0.25, 0.3) is 11.1 Å².